The van der Waals surface area contributed by atoms with Crippen LogP contribution < -0.4 is 5.32 Å². The molecule has 0 aliphatic carbocycles. The Balaban J connectivity index is 1.43. The second-order valence-corrected chi connectivity index (χ2v) is 7.47. The number of alkyl halides is 1. The van der Waals surface area contributed by atoms with Crippen LogP contribution in [0.15, 0.2) is 18.5 Å². The summed E-state index contributed by atoms with van der Waals surface area (Å²) in [5, 5.41) is 7.28. The minimum atomic E-state index is -0.454. The molecule has 0 saturated carbocycles. The number of hydrogen-bond acceptors (Lipinski definition) is 5. The maximum atomic E-state index is 12.7. The van der Waals surface area contributed by atoms with Crippen LogP contribution in [0, 0.1) is 13.8 Å². The fourth-order valence-corrected chi connectivity index (χ4v) is 4.34. The number of nitrogens with zero attached hydrogens (tertiary/aromatic N) is 5. The Morgan fingerprint density at radius 3 is 2.96 bits per heavy atom. The molecule has 1 N–H and O–H groups in total. The molecule has 7 nitrogen and oxygen atoms in total. The van der Waals surface area contributed by atoms with Gasteiger partial charge in [0.05, 0.1) is 13.1 Å². The van der Waals surface area contributed by atoms with Crippen LogP contribution in [0.4, 0.5) is 4.39 Å². The molecule has 2 saturated heterocycles. The highest BCUT2D eigenvalue weighted by atomic mass is 19.1. The number of amides is 1. The molecule has 27 heavy (non-hydrogen) atoms. The Bertz CT molecular complexity index is 837. The Morgan fingerprint density at radius 1 is 1.33 bits per heavy atom. The lowest BCUT2D eigenvalue weighted by Crippen LogP contribution is -2.44. The van der Waals surface area contributed by atoms with Crippen molar-refractivity contribution in [3.8, 4) is 0 Å². The summed E-state index contributed by atoms with van der Waals surface area (Å²) in [7, 11) is 0. The van der Waals surface area contributed by atoms with Crippen LogP contribution in [-0.2, 0) is 13.1 Å². The normalized spacial score (nSPS) is 24.5. The molecular weight excluding hydrogens is 347 g/mol. The van der Waals surface area contributed by atoms with Crippen LogP contribution in [0.5, 0.6) is 0 Å². The molecule has 0 aromatic carbocycles. The number of halogens is 1. The van der Waals surface area contributed by atoms with E-state index in [2.05, 4.69) is 25.3 Å². The van der Waals surface area contributed by atoms with Crippen molar-refractivity contribution in [1.29, 1.82) is 0 Å². The number of hydrogen-bond donors (Lipinski definition) is 1. The van der Waals surface area contributed by atoms with Crippen molar-refractivity contribution < 1.29 is 9.18 Å². The summed E-state index contributed by atoms with van der Waals surface area (Å²) in [6.07, 6.45) is 4.58. The number of carbonyl (C=O) groups is 1. The number of carbonyl (C=O) groups excluding carboxylic acids is 1. The Morgan fingerprint density at radius 2 is 2.19 bits per heavy atom. The van der Waals surface area contributed by atoms with Gasteiger partial charge >= 0.3 is 0 Å². The molecular formula is C19H25FN6O. The summed E-state index contributed by atoms with van der Waals surface area (Å²) in [6, 6.07) is 4.52. The number of aryl methyl sites for hydroxylation is 3. The van der Waals surface area contributed by atoms with Crippen LogP contribution in [-0.4, -0.2) is 55.4 Å². The summed E-state index contributed by atoms with van der Waals surface area (Å²) in [4.78, 5) is 23.7. The summed E-state index contributed by atoms with van der Waals surface area (Å²) >= 11 is 0. The van der Waals surface area contributed by atoms with E-state index in [1.54, 1.807) is 10.7 Å². The van der Waals surface area contributed by atoms with E-state index in [9.17, 15) is 9.18 Å². The van der Waals surface area contributed by atoms with Crippen molar-refractivity contribution in [1.82, 2.24) is 30.0 Å². The van der Waals surface area contributed by atoms with Crippen LogP contribution >= 0.6 is 0 Å². The van der Waals surface area contributed by atoms with Gasteiger partial charge in [-0.3, -0.25) is 9.69 Å². The third-order valence-electron chi connectivity index (χ3n) is 5.90. The highest BCUT2D eigenvalue weighted by Gasteiger charge is 2.47. The van der Waals surface area contributed by atoms with E-state index in [0.29, 0.717) is 18.3 Å². The Labute approximate surface area is 158 Å². The molecule has 4 rings (SSSR count). The number of nitrogens with one attached hydrogen (secondary N) is 1. The minimum Gasteiger partial charge on any atom is -0.346 e. The van der Waals surface area contributed by atoms with Gasteiger partial charge in [-0.25, -0.2) is 19.0 Å². The van der Waals surface area contributed by atoms with Crippen molar-refractivity contribution in [2.24, 2.45) is 0 Å². The minimum absolute atomic E-state index is 0.109. The van der Waals surface area contributed by atoms with Gasteiger partial charge in [0.15, 0.2) is 0 Å². The molecule has 1 amide bonds. The maximum Gasteiger partial charge on any atom is 0.270 e. The van der Waals surface area contributed by atoms with Gasteiger partial charge in [-0.1, -0.05) is 6.07 Å². The van der Waals surface area contributed by atoms with Gasteiger partial charge < -0.3 is 5.32 Å². The van der Waals surface area contributed by atoms with Crippen LogP contribution in [0.2, 0.25) is 0 Å². The second kappa shape index (κ2) is 7.34. The van der Waals surface area contributed by atoms with Crippen LogP contribution in [0.25, 0.3) is 0 Å². The zero-order chi connectivity index (χ0) is 19.0. The molecule has 0 spiro atoms. The third-order valence-corrected chi connectivity index (χ3v) is 5.90. The van der Waals surface area contributed by atoms with Gasteiger partial charge in [0, 0.05) is 23.8 Å². The predicted molar refractivity (Wildman–Crippen MR) is 97.9 cm³/mol. The molecule has 0 unspecified atom stereocenters. The lowest BCUT2D eigenvalue weighted by molar-refractivity contribution is 0.0919. The van der Waals surface area contributed by atoms with Crippen LogP contribution in [0.3, 0.4) is 0 Å². The first kappa shape index (κ1) is 18.0. The van der Waals surface area contributed by atoms with Gasteiger partial charge in [-0.2, -0.15) is 5.10 Å². The first-order chi connectivity index (χ1) is 13.1. The highest BCUT2D eigenvalue weighted by Crippen LogP contribution is 2.38. The first-order valence-electron chi connectivity index (χ1n) is 9.50. The number of fused-ring (bicyclic) bond motifs is 2. The molecule has 2 aliphatic heterocycles. The van der Waals surface area contributed by atoms with Gasteiger partial charge in [-0.05, 0) is 44.7 Å². The SMILES string of the molecule is Cc1ccc(C(=O)N[C@@H]2C[C@@H]3CC[C@H]2N3Cc2ncnn2CCF)nc1C. The van der Waals surface area contributed by atoms with E-state index in [4.69, 9.17) is 0 Å². The van der Waals surface area contributed by atoms with Gasteiger partial charge in [0.25, 0.3) is 5.91 Å². The molecule has 2 bridgehead atoms. The van der Waals surface area contributed by atoms with Crippen molar-refractivity contribution in [2.75, 3.05) is 6.67 Å². The van der Waals surface area contributed by atoms with Crippen LogP contribution in [0.1, 0.15) is 46.8 Å². The summed E-state index contributed by atoms with van der Waals surface area (Å²) in [5.41, 5.74) is 2.43. The Hall–Kier alpha value is -2.35. The molecule has 4 heterocycles. The maximum absolute atomic E-state index is 12.7. The fourth-order valence-electron chi connectivity index (χ4n) is 4.34. The lowest BCUT2D eigenvalue weighted by atomic mass is 9.95. The van der Waals surface area contributed by atoms with Crippen molar-refractivity contribution in [3.05, 3.63) is 41.2 Å². The lowest BCUT2D eigenvalue weighted by Gasteiger charge is -2.24. The van der Waals surface area contributed by atoms with Gasteiger partial charge in [-0.15, -0.1) is 0 Å². The molecule has 2 aromatic heterocycles. The summed E-state index contributed by atoms with van der Waals surface area (Å²) in [5.74, 6) is 0.670. The average molecular weight is 372 g/mol. The number of aromatic nitrogens is 4. The Kier molecular flexibility index (Phi) is 4.90. The molecule has 3 atom stereocenters. The quantitative estimate of drug-likeness (QED) is 0.837. The smallest absolute Gasteiger partial charge is 0.270 e. The van der Waals surface area contributed by atoms with E-state index in [-0.39, 0.29) is 24.5 Å². The monoisotopic (exact) mass is 372 g/mol. The summed E-state index contributed by atoms with van der Waals surface area (Å²) in [6.45, 7) is 4.32. The standard InChI is InChI=1S/C19H25FN6O/c1-12-3-5-15(23-13(12)2)19(27)24-16-9-14-4-6-17(16)25(14)10-18-21-11-22-26(18)8-7-20/h3,5,11,14,16-17H,4,6-10H2,1-2H3,(H,24,27)/t14-,16+,17+/m0/s1. The first-order valence-corrected chi connectivity index (χ1v) is 9.50. The molecule has 144 valence electrons. The van der Waals surface area contributed by atoms with E-state index in [1.165, 1.54) is 6.33 Å². The fraction of sp³-hybridized carbons (Fsp3) is 0.579. The molecule has 2 aliphatic rings. The number of pyridine rings is 1. The van der Waals surface area contributed by atoms with E-state index in [0.717, 1.165) is 36.3 Å². The molecule has 2 fully saturated rings. The number of rotatable bonds is 6. The molecule has 2 aromatic rings. The van der Waals surface area contributed by atoms with E-state index < -0.39 is 6.67 Å². The predicted octanol–water partition coefficient (Wildman–Crippen LogP) is 1.79. The van der Waals surface area contributed by atoms with Crippen molar-refractivity contribution >= 4 is 5.91 Å². The van der Waals surface area contributed by atoms with E-state index in [1.807, 2.05) is 19.9 Å². The average Bonchev–Trinajstić information content (AvgIpc) is 3.34. The summed E-state index contributed by atoms with van der Waals surface area (Å²) < 4.78 is 14.3. The van der Waals surface area contributed by atoms with Crippen molar-refractivity contribution in [3.63, 3.8) is 0 Å². The zero-order valence-electron chi connectivity index (χ0n) is 15.7. The third kappa shape index (κ3) is 3.45. The largest absolute Gasteiger partial charge is 0.346 e. The molecule has 8 heteroatoms. The molecule has 0 radical (unpaired) electrons. The van der Waals surface area contributed by atoms with Gasteiger partial charge in [0.1, 0.15) is 24.5 Å². The van der Waals surface area contributed by atoms with E-state index >= 15 is 0 Å². The zero-order valence-corrected chi connectivity index (χ0v) is 15.7. The van der Waals surface area contributed by atoms with Gasteiger partial charge in [0.2, 0.25) is 0 Å². The topological polar surface area (TPSA) is 75.9 Å². The highest BCUT2D eigenvalue weighted by molar-refractivity contribution is 5.92. The second-order valence-electron chi connectivity index (χ2n) is 7.47. The van der Waals surface area contributed by atoms with Crippen molar-refractivity contribution in [2.45, 2.75) is 64.3 Å².